The molecule has 0 aliphatic carbocycles. The van der Waals surface area contributed by atoms with Crippen molar-refractivity contribution < 1.29 is 36.7 Å². The van der Waals surface area contributed by atoms with Gasteiger partial charge in [-0.2, -0.15) is 18.3 Å². The summed E-state index contributed by atoms with van der Waals surface area (Å²) in [6, 6.07) is 15.2. The molecule has 186 valence electrons. The van der Waals surface area contributed by atoms with Gasteiger partial charge in [-0.3, -0.25) is 14.4 Å². The van der Waals surface area contributed by atoms with Crippen molar-refractivity contribution in [2.75, 3.05) is 17.2 Å². The molecule has 0 aliphatic heterocycles. The molecule has 0 saturated carbocycles. The van der Waals surface area contributed by atoms with Crippen molar-refractivity contribution in [3.63, 3.8) is 0 Å². The summed E-state index contributed by atoms with van der Waals surface area (Å²) in [6.45, 7) is -0.520. The van der Waals surface area contributed by atoms with E-state index in [4.69, 9.17) is 4.74 Å². The lowest BCUT2D eigenvalue weighted by atomic mass is 10.2. The van der Waals surface area contributed by atoms with Gasteiger partial charge in [-0.15, -0.1) is 0 Å². The van der Waals surface area contributed by atoms with Crippen molar-refractivity contribution in [3.05, 3.63) is 89.7 Å². The molecular weight excluding hydrogens is 484 g/mol. The second-order valence-corrected chi connectivity index (χ2v) is 7.11. The van der Waals surface area contributed by atoms with Gasteiger partial charge in [0.2, 0.25) is 0 Å². The first-order chi connectivity index (χ1) is 17.1. The third kappa shape index (κ3) is 7.65. The van der Waals surface area contributed by atoms with Crippen LogP contribution in [0.15, 0.2) is 77.9 Å². The van der Waals surface area contributed by atoms with E-state index in [1.807, 2.05) is 5.43 Å². The summed E-state index contributed by atoms with van der Waals surface area (Å²) in [5.41, 5.74) is 1.62. The van der Waals surface area contributed by atoms with Crippen molar-refractivity contribution in [3.8, 4) is 5.75 Å². The first-order valence-electron chi connectivity index (χ1n) is 10.2. The first kappa shape index (κ1) is 25.9. The molecule has 0 fully saturated rings. The lowest BCUT2D eigenvalue weighted by Crippen LogP contribution is -2.32. The Kier molecular flexibility index (Phi) is 8.34. The number of hydrazone groups is 1. The molecule has 0 saturated heterocycles. The van der Waals surface area contributed by atoms with E-state index in [0.717, 1.165) is 24.3 Å². The summed E-state index contributed by atoms with van der Waals surface area (Å²) in [4.78, 5) is 35.9. The molecule has 0 atom stereocenters. The molecule has 0 bridgehead atoms. The summed E-state index contributed by atoms with van der Waals surface area (Å²) in [6.07, 6.45) is -3.38. The highest BCUT2D eigenvalue weighted by Gasteiger charge is 2.30. The Morgan fingerprint density at radius 3 is 2.31 bits per heavy atom. The van der Waals surface area contributed by atoms with Crippen molar-refractivity contribution in [1.29, 1.82) is 0 Å². The maximum atomic E-state index is 12.9. The molecule has 3 N–H and O–H groups in total. The van der Waals surface area contributed by atoms with Gasteiger partial charge in [0.15, 0.2) is 6.61 Å². The minimum Gasteiger partial charge on any atom is -0.483 e. The van der Waals surface area contributed by atoms with Gasteiger partial charge in [0.1, 0.15) is 11.6 Å². The second kappa shape index (κ2) is 11.6. The van der Waals surface area contributed by atoms with Crippen molar-refractivity contribution >= 4 is 35.3 Å². The van der Waals surface area contributed by atoms with Gasteiger partial charge in [-0.05, 0) is 54.6 Å². The number of hydrogen-bond donors (Lipinski definition) is 3. The predicted octanol–water partition coefficient (Wildman–Crippen LogP) is 3.95. The van der Waals surface area contributed by atoms with Gasteiger partial charge in [0.25, 0.3) is 5.91 Å². The number of benzene rings is 3. The monoisotopic (exact) mass is 502 g/mol. The Balaban J connectivity index is 1.54. The van der Waals surface area contributed by atoms with E-state index in [1.54, 1.807) is 18.2 Å². The summed E-state index contributed by atoms with van der Waals surface area (Å²) >= 11 is 0. The number of nitrogens with one attached hydrogen (secondary N) is 3. The van der Waals surface area contributed by atoms with Crippen LogP contribution in [0.1, 0.15) is 11.1 Å². The summed E-state index contributed by atoms with van der Waals surface area (Å²) in [7, 11) is 0. The molecule has 3 aromatic rings. The number of halogens is 4. The zero-order chi connectivity index (χ0) is 26.1. The number of anilines is 2. The smallest absolute Gasteiger partial charge is 0.416 e. The molecule has 3 amide bonds. The SMILES string of the molecule is O=C(COc1ccccc1/C=N\NC(=O)C(=O)Nc1ccc(F)cc1)Nc1cccc(C(F)(F)F)c1. The van der Waals surface area contributed by atoms with E-state index in [2.05, 4.69) is 15.7 Å². The quantitative estimate of drug-likeness (QED) is 0.197. The van der Waals surface area contributed by atoms with E-state index < -0.39 is 41.9 Å². The zero-order valence-electron chi connectivity index (χ0n) is 18.3. The molecule has 0 radical (unpaired) electrons. The normalized spacial score (nSPS) is 11.1. The number of carbonyl (C=O) groups is 3. The summed E-state index contributed by atoms with van der Waals surface area (Å²) in [5, 5.41) is 8.26. The Labute approximate surface area is 202 Å². The Morgan fingerprint density at radius 1 is 0.861 bits per heavy atom. The highest BCUT2D eigenvalue weighted by atomic mass is 19.4. The van der Waals surface area contributed by atoms with Gasteiger partial charge in [-0.25, -0.2) is 9.82 Å². The lowest BCUT2D eigenvalue weighted by Gasteiger charge is -2.11. The second-order valence-electron chi connectivity index (χ2n) is 7.11. The number of carbonyl (C=O) groups excluding carboxylic acids is 3. The minimum absolute atomic E-state index is 0.0464. The molecule has 0 aliphatic rings. The van der Waals surface area contributed by atoms with Crippen LogP contribution in [0.4, 0.5) is 28.9 Å². The van der Waals surface area contributed by atoms with Crippen molar-refractivity contribution in [2.45, 2.75) is 6.18 Å². The Hall–Kier alpha value is -4.74. The largest absolute Gasteiger partial charge is 0.483 e. The standard InChI is InChI=1S/C24H18F4N4O4/c25-17-8-10-18(11-9-17)31-22(34)23(35)32-29-13-15-4-1-2-7-20(15)36-14-21(33)30-19-6-3-5-16(12-19)24(26,27)28/h1-13H,14H2,(H,30,33)(H,31,34)(H,32,35)/b29-13-. The van der Waals surface area contributed by atoms with E-state index in [0.29, 0.717) is 5.56 Å². The summed E-state index contributed by atoms with van der Waals surface area (Å²) < 4.78 is 56.8. The van der Waals surface area contributed by atoms with E-state index in [9.17, 15) is 31.9 Å². The van der Waals surface area contributed by atoms with Crippen molar-refractivity contribution in [1.82, 2.24) is 5.43 Å². The molecule has 3 aromatic carbocycles. The van der Waals surface area contributed by atoms with E-state index in [1.165, 1.54) is 36.5 Å². The third-order valence-electron chi connectivity index (χ3n) is 4.43. The van der Waals surface area contributed by atoms with Crippen LogP contribution < -0.4 is 20.8 Å². The average Bonchev–Trinajstić information content (AvgIpc) is 2.84. The maximum absolute atomic E-state index is 12.9. The van der Waals surface area contributed by atoms with Crippen molar-refractivity contribution in [2.24, 2.45) is 5.10 Å². The number of ether oxygens (including phenoxy) is 1. The molecule has 0 unspecified atom stereocenters. The third-order valence-corrected chi connectivity index (χ3v) is 4.43. The van der Waals surface area contributed by atoms with E-state index in [-0.39, 0.29) is 17.1 Å². The Morgan fingerprint density at radius 2 is 1.58 bits per heavy atom. The predicted molar refractivity (Wildman–Crippen MR) is 123 cm³/mol. The lowest BCUT2D eigenvalue weighted by molar-refractivity contribution is -0.137. The molecule has 3 rings (SSSR count). The number of hydrogen-bond acceptors (Lipinski definition) is 5. The van der Waals surface area contributed by atoms with Crippen LogP contribution in [-0.4, -0.2) is 30.5 Å². The van der Waals surface area contributed by atoms with Gasteiger partial charge < -0.3 is 15.4 Å². The van der Waals surface area contributed by atoms with Gasteiger partial charge in [0, 0.05) is 16.9 Å². The van der Waals surface area contributed by atoms with Gasteiger partial charge >= 0.3 is 18.0 Å². The van der Waals surface area contributed by atoms with E-state index >= 15 is 0 Å². The zero-order valence-corrected chi connectivity index (χ0v) is 18.3. The molecular formula is C24H18F4N4O4. The number of amides is 3. The minimum atomic E-state index is -4.55. The van der Waals surface area contributed by atoms with Gasteiger partial charge in [-0.1, -0.05) is 18.2 Å². The van der Waals surface area contributed by atoms with Crippen LogP contribution in [0.3, 0.4) is 0 Å². The van der Waals surface area contributed by atoms with Crippen LogP contribution in [0.2, 0.25) is 0 Å². The number of rotatable bonds is 7. The first-order valence-corrected chi connectivity index (χ1v) is 10.2. The fraction of sp³-hybridized carbons (Fsp3) is 0.0833. The highest BCUT2D eigenvalue weighted by Crippen LogP contribution is 2.30. The molecule has 0 heterocycles. The van der Waals surface area contributed by atoms with Crippen LogP contribution in [0.5, 0.6) is 5.75 Å². The summed E-state index contributed by atoms with van der Waals surface area (Å²) in [5.74, 6) is -3.14. The molecule has 0 aromatic heterocycles. The fourth-order valence-corrected chi connectivity index (χ4v) is 2.76. The average molecular weight is 502 g/mol. The number of para-hydroxylation sites is 1. The van der Waals surface area contributed by atoms with Crippen LogP contribution >= 0.6 is 0 Å². The van der Waals surface area contributed by atoms with Gasteiger partial charge in [0.05, 0.1) is 11.8 Å². The Bertz CT molecular complexity index is 1280. The molecule has 36 heavy (non-hydrogen) atoms. The maximum Gasteiger partial charge on any atom is 0.416 e. The fourth-order valence-electron chi connectivity index (χ4n) is 2.76. The topological polar surface area (TPSA) is 109 Å². The van der Waals surface area contributed by atoms with Crippen LogP contribution in [0, 0.1) is 5.82 Å². The van der Waals surface area contributed by atoms with Crippen LogP contribution in [-0.2, 0) is 20.6 Å². The number of alkyl halides is 3. The molecule has 12 heteroatoms. The molecule has 8 nitrogen and oxygen atoms in total. The highest BCUT2D eigenvalue weighted by molar-refractivity contribution is 6.39. The molecule has 0 spiro atoms. The van der Waals surface area contributed by atoms with Crippen LogP contribution in [0.25, 0.3) is 0 Å². The number of nitrogens with zero attached hydrogens (tertiary/aromatic N) is 1.